The van der Waals surface area contributed by atoms with Gasteiger partial charge in [0.2, 0.25) is 12.7 Å². The summed E-state index contributed by atoms with van der Waals surface area (Å²) in [6.07, 6.45) is 0. The van der Waals surface area contributed by atoms with Crippen LogP contribution >= 0.6 is 0 Å². The minimum atomic E-state index is -0.669. The second-order valence-electron chi connectivity index (χ2n) is 6.62. The second kappa shape index (κ2) is 5.82. The van der Waals surface area contributed by atoms with Crippen molar-refractivity contribution < 1.29 is 14.2 Å². The van der Waals surface area contributed by atoms with E-state index in [9.17, 15) is 5.26 Å². The summed E-state index contributed by atoms with van der Waals surface area (Å²) in [6, 6.07) is 14.1. The zero-order chi connectivity index (χ0) is 17.6. The Morgan fingerprint density at radius 2 is 1.76 bits per heavy atom. The lowest BCUT2D eigenvalue weighted by molar-refractivity contribution is 0.174. The summed E-state index contributed by atoms with van der Waals surface area (Å²) in [5, 5.41) is 17.8. The molecule has 2 aliphatic rings. The van der Waals surface area contributed by atoms with Crippen molar-refractivity contribution in [2.24, 2.45) is 5.92 Å². The SMILES string of the molecule is CC(C)c1ccc(C2c3cc4c(cc3OC(=N)C2C#N)OCO4)cc1. The van der Waals surface area contributed by atoms with Crippen molar-refractivity contribution in [3.8, 4) is 23.3 Å². The van der Waals surface area contributed by atoms with Gasteiger partial charge in [-0.25, -0.2) is 0 Å². The normalized spacial score (nSPS) is 20.8. The van der Waals surface area contributed by atoms with Crippen LogP contribution in [0.25, 0.3) is 0 Å². The van der Waals surface area contributed by atoms with Crippen molar-refractivity contribution in [2.75, 3.05) is 6.79 Å². The minimum Gasteiger partial charge on any atom is -0.454 e. The van der Waals surface area contributed by atoms with Gasteiger partial charge in [-0.2, -0.15) is 5.26 Å². The van der Waals surface area contributed by atoms with E-state index in [0.717, 1.165) is 11.1 Å². The first-order chi connectivity index (χ1) is 12.1. The summed E-state index contributed by atoms with van der Waals surface area (Å²) in [7, 11) is 0. The molecule has 0 aromatic heterocycles. The fraction of sp³-hybridized carbons (Fsp3) is 0.300. The Bertz CT molecular complexity index is 881. The van der Waals surface area contributed by atoms with Gasteiger partial charge in [-0.3, -0.25) is 5.41 Å². The lowest BCUT2D eigenvalue weighted by atomic mass is 9.78. The number of nitrogens with one attached hydrogen (secondary N) is 1. The van der Waals surface area contributed by atoms with Crippen LogP contribution in [0.3, 0.4) is 0 Å². The van der Waals surface area contributed by atoms with Crippen LogP contribution in [-0.4, -0.2) is 12.7 Å². The Morgan fingerprint density at radius 3 is 2.40 bits per heavy atom. The van der Waals surface area contributed by atoms with E-state index in [1.54, 1.807) is 6.07 Å². The van der Waals surface area contributed by atoms with Gasteiger partial charge in [0, 0.05) is 17.5 Å². The molecule has 1 N–H and O–H groups in total. The van der Waals surface area contributed by atoms with Crippen LogP contribution in [0.1, 0.15) is 42.4 Å². The molecule has 0 saturated carbocycles. The van der Waals surface area contributed by atoms with Gasteiger partial charge in [0.1, 0.15) is 11.7 Å². The highest BCUT2D eigenvalue weighted by Crippen LogP contribution is 2.47. The molecule has 25 heavy (non-hydrogen) atoms. The Balaban J connectivity index is 1.84. The quantitative estimate of drug-likeness (QED) is 0.894. The molecule has 126 valence electrons. The molecular formula is C20H18N2O3. The average molecular weight is 334 g/mol. The third kappa shape index (κ3) is 2.51. The van der Waals surface area contributed by atoms with Crippen molar-refractivity contribution >= 4 is 5.90 Å². The van der Waals surface area contributed by atoms with Crippen LogP contribution in [-0.2, 0) is 0 Å². The Morgan fingerprint density at radius 1 is 1.08 bits per heavy atom. The summed E-state index contributed by atoms with van der Waals surface area (Å²) < 4.78 is 16.5. The molecule has 0 radical (unpaired) electrons. The summed E-state index contributed by atoms with van der Waals surface area (Å²) in [6.45, 7) is 4.46. The number of benzene rings is 2. The summed E-state index contributed by atoms with van der Waals surface area (Å²) >= 11 is 0. The van der Waals surface area contributed by atoms with Gasteiger partial charge in [-0.15, -0.1) is 0 Å². The van der Waals surface area contributed by atoms with Crippen LogP contribution in [0.5, 0.6) is 17.2 Å². The smallest absolute Gasteiger partial charge is 0.231 e. The Labute approximate surface area is 146 Å². The third-order valence-electron chi connectivity index (χ3n) is 4.78. The maximum atomic E-state index is 9.63. The van der Waals surface area contributed by atoms with E-state index >= 15 is 0 Å². The second-order valence-corrected chi connectivity index (χ2v) is 6.62. The maximum Gasteiger partial charge on any atom is 0.231 e. The van der Waals surface area contributed by atoms with Crippen molar-refractivity contribution in [3.05, 3.63) is 53.1 Å². The molecule has 0 spiro atoms. The molecular weight excluding hydrogens is 316 g/mol. The first-order valence-electron chi connectivity index (χ1n) is 8.27. The van der Waals surface area contributed by atoms with E-state index in [4.69, 9.17) is 19.6 Å². The van der Waals surface area contributed by atoms with Crippen molar-refractivity contribution in [1.29, 1.82) is 10.7 Å². The van der Waals surface area contributed by atoms with Crippen molar-refractivity contribution in [3.63, 3.8) is 0 Å². The highest BCUT2D eigenvalue weighted by atomic mass is 16.7. The number of hydrogen-bond donors (Lipinski definition) is 1. The van der Waals surface area contributed by atoms with Gasteiger partial charge in [0.25, 0.3) is 0 Å². The Hall–Kier alpha value is -3.00. The van der Waals surface area contributed by atoms with Crippen LogP contribution in [0.2, 0.25) is 0 Å². The first kappa shape index (κ1) is 15.5. The number of ether oxygens (including phenoxy) is 3. The highest BCUT2D eigenvalue weighted by Gasteiger charge is 2.38. The standard InChI is InChI=1S/C20H18N2O3/c1-11(2)12-3-5-13(6-4-12)19-14-7-17-18(24-10-23-17)8-16(14)25-20(22)15(19)9-21/h3-8,11,15,19,22H,10H2,1-2H3. The van der Waals surface area contributed by atoms with E-state index in [-0.39, 0.29) is 18.6 Å². The van der Waals surface area contributed by atoms with E-state index in [2.05, 4.69) is 32.0 Å². The molecule has 2 unspecified atom stereocenters. The predicted molar refractivity (Wildman–Crippen MR) is 92.4 cm³/mol. The minimum absolute atomic E-state index is 0.0354. The van der Waals surface area contributed by atoms with Gasteiger partial charge in [0.15, 0.2) is 11.5 Å². The zero-order valence-corrected chi connectivity index (χ0v) is 14.1. The summed E-state index contributed by atoms with van der Waals surface area (Å²) in [5.41, 5.74) is 3.08. The first-order valence-corrected chi connectivity index (χ1v) is 8.27. The van der Waals surface area contributed by atoms with E-state index in [1.807, 2.05) is 18.2 Å². The molecule has 2 heterocycles. The molecule has 0 amide bonds. The average Bonchev–Trinajstić information content (AvgIpc) is 3.06. The third-order valence-corrected chi connectivity index (χ3v) is 4.78. The van der Waals surface area contributed by atoms with Crippen LogP contribution < -0.4 is 14.2 Å². The summed E-state index contributed by atoms with van der Waals surface area (Å²) in [5.74, 6) is 1.28. The molecule has 2 aromatic carbocycles. The van der Waals surface area contributed by atoms with Gasteiger partial charge in [-0.1, -0.05) is 38.1 Å². The number of fused-ring (bicyclic) bond motifs is 2. The molecule has 0 bridgehead atoms. The fourth-order valence-corrected chi connectivity index (χ4v) is 3.38. The molecule has 5 heteroatoms. The molecule has 0 saturated heterocycles. The predicted octanol–water partition coefficient (Wildman–Crippen LogP) is 4.18. The zero-order valence-electron chi connectivity index (χ0n) is 14.1. The molecule has 2 aliphatic heterocycles. The highest BCUT2D eigenvalue weighted by molar-refractivity contribution is 5.85. The molecule has 0 fully saturated rings. The molecule has 4 rings (SSSR count). The Kier molecular flexibility index (Phi) is 3.61. The largest absolute Gasteiger partial charge is 0.454 e. The van der Waals surface area contributed by atoms with Crippen molar-refractivity contribution in [1.82, 2.24) is 0 Å². The molecule has 2 aromatic rings. The van der Waals surface area contributed by atoms with E-state index < -0.39 is 5.92 Å². The number of nitrogens with zero attached hydrogens (tertiary/aromatic N) is 1. The van der Waals surface area contributed by atoms with Crippen LogP contribution in [0.4, 0.5) is 0 Å². The lowest BCUT2D eigenvalue weighted by Crippen LogP contribution is -2.30. The van der Waals surface area contributed by atoms with Gasteiger partial charge in [-0.05, 0) is 23.1 Å². The van der Waals surface area contributed by atoms with Gasteiger partial charge < -0.3 is 14.2 Å². The molecule has 5 nitrogen and oxygen atoms in total. The van der Waals surface area contributed by atoms with Gasteiger partial charge in [0.05, 0.1) is 6.07 Å². The molecule has 2 atom stereocenters. The number of nitriles is 1. The van der Waals surface area contributed by atoms with Crippen molar-refractivity contribution in [2.45, 2.75) is 25.7 Å². The topological polar surface area (TPSA) is 75.3 Å². The van der Waals surface area contributed by atoms with Crippen LogP contribution in [0, 0.1) is 22.7 Å². The number of rotatable bonds is 2. The summed E-state index contributed by atoms with van der Waals surface area (Å²) in [4.78, 5) is 0. The van der Waals surface area contributed by atoms with E-state index in [1.165, 1.54) is 5.56 Å². The van der Waals surface area contributed by atoms with E-state index in [0.29, 0.717) is 23.2 Å². The maximum absolute atomic E-state index is 9.63. The van der Waals surface area contributed by atoms with Crippen LogP contribution in [0.15, 0.2) is 36.4 Å². The fourth-order valence-electron chi connectivity index (χ4n) is 3.38. The molecule has 0 aliphatic carbocycles. The lowest BCUT2D eigenvalue weighted by Gasteiger charge is -2.30. The van der Waals surface area contributed by atoms with Gasteiger partial charge >= 0.3 is 0 Å². The monoisotopic (exact) mass is 334 g/mol. The number of hydrogen-bond acceptors (Lipinski definition) is 5.